The van der Waals surface area contributed by atoms with Gasteiger partial charge in [-0.3, -0.25) is 0 Å². The Kier molecular flexibility index (Phi) is 8.25. The number of nitrogens with zero attached hydrogens (tertiary/aromatic N) is 2. The Morgan fingerprint density at radius 1 is 0.750 bits per heavy atom. The third-order valence-corrected chi connectivity index (χ3v) is 3.28. The van der Waals surface area contributed by atoms with Crippen LogP contribution in [0.5, 0.6) is 0 Å². The average Bonchev–Trinajstić information content (AvgIpc) is 2.55. The van der Waals surface area contributed by atoms with E-state index in [4.69, 9.17) is 5.73 Å². The number of benzene rings is 2. The number of pyridine rings is 2. The van der Waals surface area contributed by atoms with Crippen LogP contribution >= 0.6 is 0 Å². The number of nitrogen functional groups attached to an aromatic ring is 1. The van der Waals surface area contributed by atoms with E-state index < -0.39 is 0 Å². The van der Waals surface area contributed by atoms with Gasteiger partial charge in [-0.2, -0.15) is 24.3 Å². The summed E-state index contributed by atoms with van der Waals surface area (Å²) < 4.78 is 0. The molecule has 2 aromatic heterocycles. The van der Waals surface area contributed by atoms with Crippen molar-refractivity contribution in [3.8, 4) is 0 Å². The predicted molar refractivity (Wildman–Crippen MR) is 90.3 cm³/mol. The van der Waals surface area contributed by atoms with Crippen LogP contribution in [0, 0.1) is 19.3 Å². The van der Waals surface area contributed by atoms with E-state index in [9.17, 15) is 0 Å². The fourth-order valence-electron chi connectivity index (χ4n) is 2.19. The molecule has 0 aliphatic carbocycles. The zero-order chi connectivity index (χ0) is 15.4. The van der Waals surface area contributed by atoms with Gasteiger partial charge in [-0.1, -0.05) is 48.3 Å². The second-order valence-electron chi connectivity index (χ2n) is 5.03. The van der Waals surface area contributed by atoms with Crippen molar-refractivity contribution < 1.29 is 42.1 Å². The SMILES string of the molecule is Cc1ccc2n[c-]ccc2c1.Nc1ccc2n[c-]ccc2c1.[W].[W]. The van der Waals surface area contributed by atoms with Crippen LogP contribution in [0.2, 0.25) is 0 Å². The van der Waals surface area contributed by atoms with Crippen LogP contribution in [0.4, 0.5) is 5.69 Å². The second-order valence-corrected chi connectivity index (χ2v) is 5.03. The topological polar surface area (TPSA) is 51.8 Å². The molecule has 0 spiro atoms. The van der Waals surface area contributed by atoms with Crippen LogP contribution in [0.25, 0.3) is 21.8 Å². The smallest absolute Gasteiger partial charge is 0.0289 e. The van der Waals surface area contributed by atoms with Crippen LogP contribution in [-0.4, -0.2) is 9.97 Å². The maximum Gasteiger partial charge on any atom is 0.0289 e. The molecule has 0 amide bonds. The minimum Gasteiger partial charge on any atom is -0.399 e. The van der Waals surface area contributed by atoms with Crippen molar-refractivity contribution in [1.29, 1.82) is 0 Å². The number of hydrogen-bond donors (Lipinski definition) is 1. The number of anilines is 1. The predicted octanol–water partition coefficient (Wildman–Crippen LogP) is 3.96. The molecule has 0 aliphatic heterocycles. The largest absolute Gasteiger partial charge is 0.399 e. The summed E-state index contributed by atoms with van der Waals surface area (Å²) in [7, 11) is 0. The molecule has 0 saturated heterocycles. The molecule has 3 nitrogen and oxygen atoms in total. The number of hydrogen-bond acceptors (Lipinski definition) is 3. The van der Waals surface area contributed by atoms with E-state index in [0.29, 0.717) is 0 Å². The number of aryl methyl sites for hydroxylation is 1. The average molecular weight is 653 g/mol. The number of rotatable bonds is 0. The van der Waals surface area contributed by atoms with Gasteiger partial charge in [0, 0.05) is 47.8 Å². The van der Waals surface area contributed by atoms with E-state index >= 15 is 0 Å². The summed E-state index contributed by atoms with van der Waals surface area (Å²) in [6.45, 7) is 2.08. The molecular formula is C19H15N3W2-2. The van der Waals surface area contributed by atoms with Crippen LogP contribution in [0.15, 0.2) is 60.7 Å². The Balaban J connectivity index is 0.000000222. The first-order valence-electron chi connectivity index (χ1n) is 6.98. The van der Waals surface area contributed by atoms with Gasteiger partial charge in [-0.05, 0) is 24.0 Å². The summed E-state index contributed by atoms with van der Waals surface area (Å²) >= 11 is 0. The molecule has 0 radical (unpaired) electrons. The normalized spacial score (nSPS) is 9.38. The molecule has 24 heavy (non-hydrogen) atoms. The van der Waals surface area contributed by atoms with E-state index in [2.05, 4.69) is 41.4 Å². The van der Waals surface area contributed by atoms with Gasteiger partial charge in [0.25, 0.3) is 0 Å². The van der Waals surface area contributed by atoms with Crippen molar-refractivity contribution in [3.05, 3.63) is 78.6 Å². The molecular weight excluding hydrogens is 638 g/mol. The first kappa shape index (κ1) is 20.5. The zero-order valence-electron chi connectivity index (χ0n) is 13.1. The standard InChI is InChI=1S/C10H8N.C9H7N2.2W/c1-8-4-5-10-9(7-8)3-2-6-11-10;10-8-3-4-9-7(6-8)2-1-5-11-9;;/h2-5,7H,1H3;1-4,6H,10H2;;/q2*-1;;. The molecule has 2 aromatic carbocycles. The fourth-order valence-corrected chi connectivity index (χ4v) is 2.19. The van der Waals surface area contributed by atoms with Crippen molar-refractivity contribution in [2.75, 3.05) is 5.73 Å². The van der Waals surface area contributed by atoms with Gasteiger partial charge >= 0.3 is 0 Å². The fraction of sp³-hybridized carbons (Fsp3) is 0.0526. The summed E-state index contributed by atoms with van der Waals surface area (Å²) in [5.74, 6) is 0. The van der Waals surface area contributed by atoms with Crippen molar-refractivity contribution in [2.45, 2.75) is 6.92 Å². The van der Waals surface area contributed by atoms with Crippen molar-refractivity contribution >= 4 is 27.5 Å². The van der Waals surface area contributed by atoms with E-state index in [-0.39, 0.29) is 42.1 Å². The van der Waals surface area contributed by atoms with E-state index in [1.807, 2.05) is 42.5 Å². The molecule has 2 heterocycles. The molecule has 0 unspecified atom stereocenters. The molecule has 0 saturated carbocycles. The number of fused-ring (bicyclic) bond motifs is 2. The monoisotopic (exact) mass is 653 g/mol. The molecule has 0 aliphatic rings. The van der Waals surface area contributed by atoms with Gasteiger partial charge in [-0.15, -0.1) is 10.8 Å². The Morgan fingerprint density at radius 3 is 1.92 bits per heavy atom. The maximum atomic E-state index is 5.59. The van der Waals surface area contributed by atoms with Crippen LogP contribution in [-0.2, 0) is 42.1 Å². The second kappa shape index (κ2) is 9.66. The van der Waals surface area contributed by atoms with Crippen molar-refractivity contribution in [1.82, 2.24) is 9.97 Å². The molecule has 5 heteroatoms. The maximum absolute atomic E-state index is 5.59. The van der Waals surface area contributed by atoms with Crippen LogP contribution < -0.4 is 5.73 Å². The van der Waals surface area contributed by atoms with Crippen LogP contribution in [0.3, 0.4) is 0 Å². The minimum atomic E-state index is 0. The molecule has 0 fully saturated rings. The molecule has 4 rings (SSSR count). The molecule has 0 bridgehead atoms. The summed E-state index contributed by atoms with van der Waals surface area (Å²) in [4.78, 5) is 8.14. The summed E-state index contributed by atoms with van der Waals surface area (Å²) in [6, 6.07) is 19.4. The molecule has 2 N–H and O–H groups in total. The van der Waals surface area contributed by atoms with Gasteiger partial charge in [-0.25, -0.2) is 0 Å². The van der Waals surface area contributed by atoms with Gasteiger partial charge in [0.1, 0.15) is 0 Å². The first-order chi connectivity index (χ1) is 10.7. The van der Waals surface area contributed by atoms with Gasteiger partial charge in [0.2, 0.25) is 0 Å². The third kappa shape index (κ3) is 5.23. The van der Waals surface area contributed by atoms with Gasteiger partial charge in [0.05, 0.1) is 0 Å². The van der Waals surface area contributed by atoms with Crippen molar-refractivity contribution in [2.24, 2.45) is 0 Å². The molecule has 4 aromatic rings. The number of nitrogens with two attached hydrogens (primary N) is 1. The van der Waals surface area contributed by atoms with Gasteiger partial charge < -0.3 is 15.7 Å². The Morgan fingerprint density at radius 2 is 1.29 bits per heavy atom. The number of aromatic nitrogens is 2. The summed E-state index contributed by atoms with van der Waals surface area (Å²) in [5.41, 5.74) is 9.57. The first-order valence-corrected chi connectivity index (χ1v) is 6.98. The Labute approximate surface area is 170 Å². The third-order valence-electron chi connectivity index (χ3n) is 3.28. The van der Waals surface area contributed by atoms with E-state index in [1.165, 1.54) is 10.9 Å². The molecule has 120 valence electrons. The van der Waals surface area contributed by atoms with E-state index in [0.717, 1.165) is 22.1 Å². The summed E-state index contributed by atoms with van der Waals surface area (Å²) in [6.07, 6.45) is 5.57. The molecule has 0 atom stereocenters. The van der Waals surface area contributed by atoms with Gasteiger partial charge in [0.15, 0.2) is 0 Å². The summed E-state index contributed by atoms with van der Waals surface area (Å²) in [5, 5.41) is 2.24. The minimum absolute atomic E-state index is 0. The Hall–Kier alpha value is -1.56. The Bertz CT molecular complexity index is 849. The van der Waals surface area contributed by atoms with Crippen molar-refractivity contribution in [3.63, 3.8) is 0 Å². The van der Waals surface area contributed by atoms with Crippen LogP contribution in [0.1, 0.15) is 5.56 Å². The van der Waals surface area contributed by atoms with E-state index in [1.54, 1.807) is 6.07 Å². The zero-order valence-corrected chi connectivity index (χ0v) is 18.9. The quantitative estimate of drug-likeness (QED) is 0.231.